The maximum Gasteiger partial charge on any atom is 0.275 e. The monoisotopic (exact) mass is 369 g/mol. The summed E-state index contributed by atoms with van der Waals surface area (Å²) in [6.07, 6.45) is 6.89. The minimum absolute atomic E-state index is 0.0321. The molecular formula is C22H29N2OS+. The predicted octanol–water partition coefficient (Wildman–Crippen LogP) is 3.05. The van der Waals surface area contributed by atoms with Crippen molar-refractivity contribution in [2.75, 3.05) is 19.6 Å². The van der Waals surface area contributed by atoms with Crippen LogP contribution in [0.15, 0.2) is 47.8 Å². The van der Waals surface area contributed by atoms with E-state index in [4.69, 9.17) is 0 Å². The lowest BCUT2D eigenvalue weighted by Crippen LogP contribution is -3.15. The van der Waals surface area contributed by atoms with Crippen molar-refractivity contribution < 1.29 is 9.69 Å². The maximum atomic E-state index is 12.8. The van der Waals surface area contributed by atoms with E-state index in [1.165, 1.54) is 48.4 Å². The molecule has 2 aliphatic rings. The number of benzene rings is 1. The second kappa shape index (κ2) is 8.36. The van der Waals surface area contributed by atoms with Crippen LogP contribution in [0.4, 0.5) is 0 Å². The molecule has 0 radical (unpaired) electrons. The maximum absolute atomic E-state index is 12.8. The first-order valence-electron chi connectivity index (χ1n) is 10.0. The Labute approximate surface area is 160 Å². The SMILES string of the molecule is O=C(C[NH+]1CC[C@@H]2CCCC[C@@H]2C1)N[C@H](c1ccccc1)c1cccs1. The molecule has 4 heteroatoms. The number of hydrogen-bond donors (Lipinski definition) is 2. The Bertz CT molecular complexity index is 700. The first-order valence-corrected chi connectivity index (χ1v) is 10.9. The van der Waals surface area contributed by atoms with Gasteiger partial charge in [0.1, 0.15) is 0 Å². The number of quaternary nitrogens is 1. The molecule has 1 saturated carbocycles. The Morgan fingerprint density at radius 1 is 1.08 bits per heavy atom. The minimum Gasteiger partial charge on any atom is -0.339 e. The van der Waals surface area contributed by atoms with Crippen LogP contribution in [0.2, 0.25) is 0 Å². The molecule has 4 atom stereocenters. The summed E-state index contributed by atoms with van der Waals surface area (Å²) in [5, 5.41) is 5.39. The fourth-order valence-electron chi connectivity index (χ4n) is 4.81. The van der Waals surface area contributed by atoms with Crippen LogP contribution in [0.3, 0.4) is 0 Å². The van der Waals surface area contributed by atoms with Crippen molar-refractivity contribution in [3.05, 3.63) is 58.3 Å². The minimum atomic E-state index is -0.0321. The molecule has 26 heavy (non-hydrogen) atoms. The molecule has 2 heterocycles. The summed E-state index contributed by atoms with van der Waals surface area (Å²) < 4.78 is 0. The molecule has 1 unspecified atom stereocenters. The lowest BCUT2D eigenvalue weighted by molar-refractivity contribution is -0.902. The molecular weight excluding hydrogens is 340 g/mol. The summed E-state index contributed by atoms with van der Waals surface area (Å²) in [4.78, 5) is 15.5. The number of carbonyl (C=O) groups excluding carboxylic acids is 1. The van der Waals surface area contributed by atoms with E-state index in [2.05, 4.69) is 35.0 Å². The van der Waals surface area contributed by atoms with Gasteiger partial charge in [-0.25, -0.2) is 0 Å². The van der Waals surface area contributed by atoms with Gasteiger partial charge in [0.25, 0.3) is 5.91 Å². The van der Waals surface area contributed by atoms with E-state index in [0.29, 0.717) is 6.54 Å². The Hall–Kier alpha value is -1.65. The van der Waals surface area contributed by atoms with Crippen molar-refractivity contribution in [3.8, 4) is 0 Å². The summed E-state index contributed by atoms with van der Waals surface area (Å²) in [7, 11) is 0. The van der Waals surface area contributed by atoms with Gasteiger partial charge in [-0.3, -0.25) is 4.79 Å². The molecule has 3 nitrogen and oxygen atoms in total. The smallest absolute Gasteiger partial charge is 0.275 e. The first kappa shape index (κ1) is 17.7. The fourth-order valence-corrected chi connectivity index (χ4v) is 5.62. The fraction of sp³-hybridized carbons (Fsp3) is 0.500. The van der Waals surface area contributed by atoms with Crippen LogP contribution in [-0.4, -0.2) is 25.5 Å². The average molecular weight is 370 g/mol. The third-order valence-electron chi connectivity index (χ3n) is 6.16. The van der Waals surface area contributed by atoms with Crippen LogP contribution in [0.1, 0.15) is 48.6 Å². The zero-order valence-electron chi connectivity index (χ0n) is 15.3. The van der Waals surface area contributed by atoms with E-state index >= 15 is 0 Å². The Morgan fingerprint density at radius 2 is 1.88 bits per heavy atom. The summed E-state index contributed by atoms with van der Waals surface area (Å²) in [6.45, 7) is 2.95. The number of piperidine rings is 1. The van der Waals surface area contributed by atoms with Gasteiger partial charge in [-0.05, 0) is 42.2 Å². The predicted molar refractivity (Wildman–Crippen MR) is 106 cm³/mol. The summed E-state index contributed by atoms with van der Waals surface area (Å²) in [6, 6.07) is 14.5. The van der Waals surface area contributed by atoms with Crippen LogP contribution in [0.5, 0.6) is 0 Å². The lowest BCUT2D eigenvalue weighted by Gasteiger charge is -2.38. The molecule has 4 rings (SSSR count). The van der Waals surface area contributed by atoms with Gasteiger partial charge in [-0.1, -0.05) is 49.2 Å². The zero-order valence-corrected chi connectivity index (χ0v) is 16.1. The van der Waals surface area contributed by atoms with E-state index in [1.54, 1.807) is 11.3 Å². The number of thiophene rings is 1. The van der Waals surface area contributed by atoms with Gasteiger partial charge < -0.3 is 10.2 Å². The van der Waals surface area contributed by atoms with E-state index in [1.807, 2.05) is 18.2 Å². The van der Waals surface area contributed by atoms with Crippen LogP contribution in [0, 0.1) is 11.8 Å². The second-order valence-electron chi connectivity index (χ2n) is 7.90. The Kier molecular flexibility index (Phi) is 5.71. The highest BCUT2D eigenvalue weighted by atomic mass is 32.1. The van der Waals surface area contributed by atoms with Crippen molar-refractivity contribution in [2.24, 2.45) is 11.8 Å². The highest BCUT2D eigenvalue weighted by Gasteiger charge is 2.34. The van der Waals surface area contributed by atoms with Crippen molar-refractivity contribution in [3.63, 3.8) is 0 Å². The molecule has 1 aliphatic heterocycles. The molecule has 1 saturated heterocycles. The van der Waals surface area contributed by atoms with E-state index < -0.39 is 0 Å². The van der Waals surface area contributed by atoms with E-state index in [9.17, 15) is 4.79 Å². The van der Waals surface area contributed by atoms with Crippen LogP contribution >= 0.6 is 11.3 Å². The topological polar surface area (TPSA) is 33.5 Å². The van der Waals surface area contributed by atoms with Gasteiger partial charge in [-0.15, -0.1) is 11.3 Å². The summed E-state index contributed by atoms with van der Waals surface area (Å²) >= 11 is 1.71. The highest BCUT2D eigenvalue weighted by Crippen LogP contribution is 2.32. The van der Waals surface area contributed by atoms with E-state index in [-0.39, 0.29) is 11.9 Å². The van der Waals surface area contributed by atoms with Crippen molar-refractivity contribution in [2.45, 2.75) is 38.1 Å². The summed E-state index contributed by atoms with van der Waals surface area (Å²) in [5.41, 5.74) is 1.16. The number of likely N-dealkylation sites (tertiary alicyclic amines) is 1. The Morgan fingerprint density at radius 3 is 2.65 bits per heavy atom. The number of fused-ring (bicyclic) bond motifs is 1. The van der Waals surface area contributed by atoms with Gasteiger partial charge in [0.15, 0.2) is 6.54 Å². The quantitative estimate of drug-likeness (QED) is 0.834. The molecule has 2 aromatic rings. The third-order valence-corrected chi connectivity index (χ3v) is 7.10. The normalized spacial score (nSPS) is 26.7. The van der Waals surface area contributed by atoms with Gasteiger partial charge in [0.05, 0.1) is 19.1 Å². The molecule has 0 spiro atoms. The van der Waals surface area contributed by atoms with Crippen LogP contribution in [0.25, 0.3) is 0 Å². The zero-order chi connectivity index (χ0) is 17.8. The molecule has 1 amide bonds. The van der Waals surface area contributed by atoms with E-state index in [0.717, 1.165) is 23.9 Å². The average Bonchev–Trinajstić information content (AvgIpc) is 3.21. The summed E-state index contributed by atoms with van der Waals surface area (Å²) in [5.74, 6) is 1.96. The van der Waals surface area contributed by atoms with Crippen LogP contribution in [-0.2, 0) is 4.79 Å². The largest absolute Gasteiger partial charge is 0.339 e. The number of rotatable bonds is 5. The third kappa shape index (κ3) is 4.18. The second-order valence-corrected chi connectivity index (χ2v) is 8.88. The first-order chi connectivity index (χ1) is 12.8. The molecule has 1 aliphatic carbocycles. The number of hydrogen-bond acceptors (Lipinski definition) is 2. The Balaban J connectivity index is 1.39. The molecule has 1 aromatic carbocycles. The molecule has 0 bridgehead atoms. The standard InChI is InChI=1S/C22H28N2OS/c25-21(16-24-13-12-17-7-4-5-10-19(17)15-24)23-22(20-11-6-14-26-20)18-8-2-1-3-9-18/h1-3,6,8-9,11,14,17,19,22H,4-5,7,10,12-13,15-16H2,(H,23,25)/p+1/t17-,19+,22+/m0/s1. The highest BCUT2D eigenvalue weighted by molar-refractivity contribution is 7.10. The number of nitrogens with one attached hydrogen (secondary N) is 2. The van der Waals surface area contributed by atoms with Crippen LogP contribution < -0.4 is 10.2 Å². The van der Waals surface area contributed by atoms with Gasteiger partial charge in [0, 0.05) is 10.8 Å². The van der Waals surface area contributed by atoms with Gasteiger partial charge >= 0.3 is 0 Å². The molecule has 138 valence electrons. The number of carbonyl (C=O) groups is 1. The van der Waals surface area contributed by atoms with Gasteiger partial charge in [0.2, 0.25) is 0 Å². The van der Waals surface area contributed by atoms with Crippen molar-refractivity contribution >= 4 is 17.2 Å². The lowest BCUT2D eigenvalue weighted by atomic mass is 9.75. The number of amides is 1. The van der Waals surface area contributed by atoms with Crippen molar-refractivity contribution in [1.29, 1.82) is 0 Å². The van der Waals surface area contributed by atoms with Gasteiger partial charge in [-0.2, -0.15) is 0 Å². The van der Waals surface area contributed by atoms with Crippen molar-refractivity contribution in [1.82, 2.24) is 5.32 Å². The molecule has 2 fully saturated rings. The molecule has 1 aromatic heterocycles. The molecule has 2 N–H and O–H groups in total.